The first-order valence-electron chi connectivity index (χ1n) is 10.4. The van der Waals surface area contributed by atoms with Crippen LogP contribution in [0, 0.1) is 0 Å². The molecule has 2 saturated heterocycles. The van der Waals surface area contributed by atoms with Gasteiger partial charge in [0.15, 0.2) is 5.11 Å². The lowest BCUT2D eigenvalue weighted by Gasteiger charge is -2.32. The van der Waals surface area contributed by atoms with Crippen LogP contribution in [-0.4, -0.2) is 63.9 Å². The van der Waals surface area contributed by atoms with E-state index in [1.807, 2.05) is 18.3 Å². The molecule has 0 aliphatic carbocycles. The molecular formula is C22H31N5OS. The second-order valence-corrected chi connectivity index (χ2v) is 9.18. The Kier molecular flexibility index (Phi) is 5.90. The molecule has 4 heterocycles. The molecule has 0 saturated carbocycles. The van der Waals surface area contributed by atoms with Crippen LogP contribution in [0.1, 0.15) is 44.1 Å². The van der Waals surface area contributed by atoms with Crippen LogP contribution in [0.2, 0.25) is 0 Å². The van der Waals surface area contributed by atoms with E-state index in [4.69, 9.17) is 17.0 Å². The normalized spacial score (nSPS) is 23.4. The summed E-state index contributed by atoms with van der Waals surface area (Å²) in [6, 6.07) is 8.48. The maximum atomic E-state index is 5.78. The lowest BCUT2D eigenvalue weighted by atomic mass is 9.99. The van der Waals surface area contributed by atoms with Gasteiger partial charge in [-0.25, -0.2) is 0 Å². The quantitative estimate of drug-likeness (QED) is 0.761. The first kappa shape index (κ1) is 20.3. The van der Waals surface area contributed by atoms with Crippen molar-refractivity contribution in [2.24, 2.45) is 0 Å². The van der Waals surface area contributed by atoms with Crippen molar-refractivity contribution in [2.75, 3.05) is 39.4 Å². The Morgan fingerprint density at radius 3 is 2.62 bits per heavy atom. The number of nitrogens with zero attached hydrogens (tertiary/aromatic N) is 4. The van der Waals surface area contributed by atoms with Gasteiger partial charge in [0, 0.05) is 50.3 Å². The van der Waals surface area contributed by atoms with Crippen LogP contribution >= 0.6 is 12.2 Å². The first-order valence-corrected chi connectivity index (χ1v) is 10.8. The van der Waals surface area contributed by atoms with E-state index in [9.17, 15) is 0 Å². The number of nitrogens with one attached hydrogen (secondary N) is 1. The molecule has 156 valence electrons. The van der Waals surface area contributed by atoms with E-state index in [2.05, 4.69) is 70.0 Å². The summed E-state index contributed by atoms with van der Waals surface area (Å²) in [6.07, 6.45) is 6.29. The second kappa shape index (κ2) is 8.42. The van der Waals surface area contributed by atoms with Gasteiger partial charge in [0.05, 0.1) is 31.0 Å². The fourth-order valence-corrected chi connectivity index (χ4v) is 4.42. The Balaban J connectivity index is 1.61. The lowest BCUT2D eigenvalue weighted by molar-refractivity contribution is 0.0350. The van der Waals surface area contributed by atoms with Crippen molar-refractivity contribution >= 4 is 17.3 Å². The van der Waals surface area contributed by atoms with E-state index >= 15 is 0 Å². The summed E-state index contributed by atoms with van der Waals surface area (Å²) in [5, 5.41) is 4.35. The van der Waals surface area contributed by atoms with Crippen molar-refractivity contribution in [3.05, 3.63) is 54.1 Å². The molecule has 0 spiro atoms. The van der Waals surface area contributed by atoms with Crippen molar-refractivity contribution in [3.8, 4) is 0 Å². The van der Waals surface area contributed by atoms with Gasteiger partial charge in [-0.3, -0.25) is 9.88 Å². The zero-order chi connectivity index (χ0) is 20.4. The molecule has 2 aliphatic heterocycles. The molecule has 7 heteroatoms. The van der Waals surface area contributed by atoms with E-state index in [0.717, 1.165) is 50.2 Å². The number of pyridine rings is 1. The van der Waals surface area contributed by atoms with Crippen LogP contribution in [-0.2, 0) is 10.3 Å². The third kappa shape index (κ3) is 4.47. The minimum absolute atomic E-state index is 0.0456. The summed E-state index contributed by atoms with van der Waals surface area (Å²) in [7, 11) is 0. The molecule has 29 heavy (non-hydrogen) atoms. The van der Waals surface area contributed by atoms with Crippen LogP contribution < -0.4 is 5.32 Å². The van der Waals surface area contributed by atoms with E-state index in [1.54, 1.807) is 0 Å². The molecule has 2 fully saturated rings. The Hall–Kier alpha value is -1.96. The van der Waals surface area contributed by atoms with Crippen molar-refractivity contribution in [2.45, 2.75) is 38.4 Å². The largest absolute Gasteiger partial charge is 0.379 e. The van der Waals surface area contributed by atoms with Crippen molar-refractivity contribution in [1.82, 2.24) is 24.7 Å². The zero-order valence-corrected chi connectivity index (χ0v) is 18.4. The molecule has 2 aromatic heterocycles. The van der Waals surface area contributed by atoms with Crippen molar-refractivity contribution in [3.63, 3.8) is 0 Å². The van der Waals surface area contributed by atoms with Gasteiger partial charge in [0.1, 0.15) is 0 Å². The molecule has 1 N–H and O–H groups in total. The van der Waals surface area contributed by atoms with Gasteiger partial charge in [-0.15, -0.1) is 0 Å². The molecule has 2 aromatic rings. The average Bonchev–Trinajstić information content (AvgIpc) is 3.32. The van der Waals surface area contributed by atoms with E-state index in [0.29, 0.717) is 0 Å². The highest BCUT2D eigenvalue weighted by Crippen LogP contribution is 2.39. The predicted molar refractivity (Wildman–Crippen MR) is 119 cm³/mol. The minimum Gasteiger partial charge on any atom is -0.379 e. The highest BCUT2D eigenvalue weighted by atomic mass is 32.1. The number of ether oxygens (including phenoxy) is 1. The van der Waals surface area contributed by atoms with E-state index < -0.39 is 0 Å². The van der Waals surface area contributed by atoms with Crippen LogP contribution in [0.15, 0.2) is 42.9 Å². The standard InChI is InChI=1S/C22H31N5OS/c1-22(2,3)26-9-7-17(16-26)20-19(18-6-4-5-8-23-18)24-21(29)27(20)11-10-25-12-14-28-15-13-25/h4-9,16,19-20H,10-15H2,1-3H3,(H,24,29)/t19-,20+/m1/s1. The van der Waals surface area contributed by atoms with Gasteiger partial charge >= 0.3 is 0 Å². The van der Waals surface area contributed by atoms with Gasteiger partial charge in [0.2, 0.25) is 0 Å². The number of thiocarbonyl (C=S) groups is 1. The Morgan fingerprint density at radius 2 is 1.97 bits per heavy atom. The van der Waals surface area contributed by atoms with Crippen LogP contribution in [0.3, 0.4) is 0 Å². The molecule has 0 aromatic carbocycles. The van der Waals surface area contributed by atoms with Gasteiger partial charge in [-0.2, -0.15) is 0 Å². The molecule has 2 atom stereocenters. The van der Waals surface area contributed by atoms with Crippen LogP contribution in [0.5, 0.6) is 0 Å². The smallest absolute Gasteiger partial charge is 0.170 e. The van der Waals surface area contributed by atoms with E-state index in [-0.39, 0.29) is 17.6 Å². The molecule has 2 aliphatic rings. The fraction of sp³-hybridized carbons (Fsp3) is 0.545. The Bertz CT molecular complexity index is 825. The third-order valence-corrected chi connectivity index (χ3v) is 6.14. The molecule has 0 radical (unpaired) electrons. The Morgan fingerprint density at radius 1 is 1.17 bits per heavy atom. The molecule has 0 bridgehead atoms. The first-order chi connectivity index (χ1) is 13.9. The molecule has 0 unspecified atom stereocenters. The molecule has 6 nitrogen and oxygen atoms in total. The summed E-state index contributed by atoms with van der Waals surface area (Å²) >= 11 is 5.78. The highest BCUT2D eigenvalue weighted by molar-refractivity contribution is 7.80. The van der Waals surface area contributed by atoms with E-state index in [1.165, 1.54) is 5.56 Å². The summed E-state index contributed by atoms with van der Waals surface area (Å²) in [4.78, 5) is 9.42. The average molecular weight is 414 g/mol. The minimum atomic E-state index is 0.0456. The van der Waals surface area contributed by atoms with Crippen LogP contribution in [0.25, 0.3) is 0 Å². The molecular weight excluding hydrogens is 382 g/mol. The zero-order valence-electron chi connectivity index (χ0n) is 17.5. The third-order valence-electron chi connectivity index (χ3n) is 5.79. The molecule has 0 amide bonds. The van der Waals surface area contributed by atoms with Gasteiger partial charge in [-0.1, -0.05) is 6.07 Å². The highest BCUT2D eigenvalue weighted by Gasteiger charge is 2.40. The predicted octanol–water partition coefficient (Wildman–Crippen LogP) is 2.94. The van der Waals surface area contributed by atoms with Crippen LogP contribution in [0.4, 0.5) is 0 Å². The monoisotopic (exact) mass is 413 g/mol. The maximum absolute atomic E-state index is 5.78. The topological polar surface area (TPSA) is 45.6 Å². The number of aromatic nitrogens is 2. The SMILES string of the molecule is CC(C)(C)n1ccc([C@H]2[C@@H](c3ccccn3)NC(=S)N2CCN2CCOCC2)c1. The summed E-state index contributed by atoms with van der Waals surface area (Å²) in [5.41, 5.74) is 2.34. The summed E-state index contributed by atoms with van der Waals surface area (Å²) < 4.78 is 7.77. The number of hydrogen-bond donors (Lipinski definition) is 1. The number of hydrogen-bond acceptors (Lipinski definition) is 4. The van der Waals surface area contributed by atoms with Crippen molar-refractivity contribution in [1.29, 1.82) is 0 Å². The summed E-state index contributed by atoms with van der Waals surface area (Å²) in [6.45, 7) is 12.2. The number of morpholine rings is 1. The fourth-order valence-electron chi connectivity index (χ4n) is 4.09. The van der Waals surface area contributed by atoms with Gasteiger partial charge < -0.3 is 19.5 Å². The molecule has 4 rings (SSSR count). The summed E-state index contributed by atoms with van der Waals surface area (Å²) in [5.74, 6) is 0. The number of rotatable bonds is 5. The van der Waals surface area contributed by atoms with Gasteiger partial charge in [-0.05, 0) is 56.8 Å². The Labute approximate surface area is 178 Å². The maximum Gasteiger partial charge on any atom is 0.170 e. The van der Waals surface area contributed by atoms with Crippen molar-refractivity contribution < 1.29 is 4.74 Å². The lowest BCUT2D eigenvalue weighted by Crippen LogP contribution is -2.42. The van der Waals surface area contributed by atoms with Gasteiger partial charge in [0.25, 0.3) is 0 Å². The second-order valence-electron chi connectivity index (χ2n) is 8.80.